The number of halogens is 1. The van der Waals surface area contributed by atoms with Gasteiger partial charge in [-0.2, -0.15) is 0 Å². The van der Waals surface area contributed by atoms with Gasteiger partial charge in [0.05, 0.1) is 37.1 Å². The molecule has 21 heavy (non-hydrogen) atoms. The summed E-state index contributed by atoms with van der Waals surface area (Å²) in [7, 11) is 3.21. The summed E-state index contributed by atoms with van der Waals surface area (Å²) in [5, 5.41) is 0. The van der Waals surface area contributed by atoms with Crippen LogP contribution < -0.4 is 9.47 Å². The van der Waals surface area contributed by atoms with Gasteiger partial charge in [0.25, 0.3) is 0 Å². The van der Waals surface area contributed by atoms with Crippen LogP contribution >= 0.6 is 15.9 Å². The molecule has 4 nitrogen and oxygen atoms in total. The summed E-state index contributed by atoms with van der Waals surface area (Å²) in [5.41, 5.74) is 3.36. The highest BCUT2D eigenvalue weighted by atomic mass is 79.9. The molecular weight excluding hydrogens is 332 g/mol. The van der Waals surface area contributed by atoms with E-state index >= 15 is 0 Å². The van der Waals surface area contributed by atoms with E-state index in [1.165, 1.54) is 0 Å². The second-order valence-electron chi connectivity index (χ2n) is 4.46. The van der Waals surface area contributed by atoms with Crippen molar-refractivity contribution in [3.63, 3.8) is 0 Å². The number of methoxy groups -OCH3 is 2. The number of hydrogen-bond acceptors (Lipinski definition) is 4. The predicted molar refractivity (Wildman–Crippen MR) is 85.8 cm³/mol. The molecule has 0 saturated carbocycles. The Bertz CT molecular complexity index is 805. The topological polar surface area (TPSA) is 44.2 Å². The molecule has 0 bridgehead atoms. The lowest BCUT2D eigenvalue weighted by Gasteiger charge is -2.09. The van der Waals surface area contributed by atoms with Gasteiger partial charge in [-0.25, -0.2) is 4.98 Å². The third-order valence-electron chi connectivity index (χ3n) is 3.17. The Morgan fingerprint density at radius 1 is 0.952 bits per heavy atom. The van der Waals surface area contributed by atoms with Crippen LogP contribution in [0.2, 0.25) is 0 Å². The summed E-state index contributed by atoms with van der Waals surface area (Å²) < 4.78 is 11.6. The van der Waals surface area contributed by atoms with E-state index in [2.05, 4.69) is 25.9 Å². The first kappa shape index (κ1) is 13.8. The lowest BCUT2D eigenvalue weighted by atomic mass is 10.1. The molecule has 0 unspecified atom stereocenters. The standard InChI is InChI=1S/C16H13BrN2O2/c1-20-15-7-12-13(8-16(15)21-2)19-14(9-18-12)10-4-3-5-11(17)6-10/h3-9H,1-2H3. The first-order valence-corrected chi connectivity index (χ1v) is 7.15. The molecule has 3 rings (SSSR count). The van der Waals surface area contributed by atoms with E-state index in [0.29, 0.717) is 11.5 Å². The summed E-state index contributed by atoms with van der Waals surface area (Å²) in [6.07, 6.45) is 1.76. The van der Waals surface area contributed by atoms with Crippen LogP contribution in [0, 0.1) is 0 Å². The first-order valence-electron chi connectivity index (χ1n) is 6.36. The van der Waals surface area contributed by atoms with Crippen molar-refractivity contribution in [3.8, 4) is 22.8 Å². The maximum atomic E-state index is 5.31. The number of hydrogen-bond donors (Lipinski definition) is 0. The summed E-state index contributed by atoms with van der Waals surface area (Å²) in [6.45, 7) is 0. The Morgan fingerprint density at radius 3 is 2.33 bits per heavy atom. The summed E-state index contributed by atoms with van der Waals surface area (Å²) >= 11 is 3.47. The molecule has 0 aliphatic carbocycles. The van der Waals surface area contributed by atoms with Gasteiger partial charge < -0.3 is 9.47 Å². The average Bonchev–Trinajstić information content (AvgIpc) is 2.53. The Labute approximate surface area is 130 Å². The molecule has 106 valence electrons. The largest absolute Gasteiger partial charge is 0.493 e. The molecule has 0 saturated heterocycles. The summed E-state index contributed by atoms with van der Waals surface area (Å²) in [4.78, 5) is 9.11. The molecule has 0 amide bonds. The van der Waals surface area contributed by atoms with Crippen molar-refractivity contribution in [2.45, 2.75) is 0 Å². The third kappa shape index (κ3) is 2.69. The fraction of sp³-hybridized carbons (Fsp3) is 0.125. The van der Waals surface area contributed by atoms with Gasteiger partial charge in [-0.15, -0.1) is 0 Å². The Hall–Kier alpha value is -2.14. The molecule has 1 aromatic heterocycles. The highest BCUT2D eigenvalue weighted by Gasteiger charge is 2.09. The maximum absolute atomic E-state index is 5.31. The number of nitrogens with zero attached hydrogens (tertiary/aromatic N) is 2. The Kier molecular flexibility index (Phi) is 3.75. The van der Waals surface area contributed by atoms with Crippen LogP contribution in [0.15, 0.2) is 47.1 Å². The van der Waals surface area contributed by atoms with Crippen LogP contribution in [-0.4, -0.2) is 24.2 Å². The van der Waals surface area contributed by atoms with Crippen LogP contribution in [0.1, 0.15) is 0 Å². The monoisotopic (exact) mass is 344 g/mol. The molecule has 0 N–H and O–H groups in total. The van der Waals surface area contributed by atoms with Crippen LogP contribution in [0.5, 0.6) is 11.5 Å². The summed E-state index contributed by atoms with van der Waals surface area (Å²) in [6, 6.07) is 11.6. The fourth-order valence-corrected chi connectivity index (χ4v) is 2.53. The second kappa shape index (κ2) is 5.69. The first-order chi connectivity index (χ1) is 10.2. The molecule has 3 aromatic rings. The van der Waals surface area contributed by atoms with E-state index in [-0.39, 0.29) is 0 Å². The van der Waals surface area contributed by atoms with E-state index in [0.717, 1.165) is 26.8 Å². The van der Waals surface area contributed by atoms with Crippen LogP contribution in [0.4, 0.5) is 0 Å². The van der Waals surface area contributed by atoms with Crippen molar-refractivity contribution in [1.29, 1.82) is 0 Å². The van der Waals surface area contributed by atoms with Crippen LogP contribution in [0.25, 0.3) is 22.3 Å². The Balaban J connectivity index is 2.15. The lowest BCUT2D eigenvalue weighted by molar-refractivity contribution is 0.355. The second-order valence-corrected chi connectivity index (χ2v) is 5.38. The third-order valence-corrected chi connectivity index (χ3v) is 3.66. The van der Waals surface area contributed by atoms with Gasteiger partial charge in [-0.1, -0.05) is 28.1 Å². The molecule has 2 aromatic carbocycles. The zero-order chi connectivity index (χ0) is 14.8. The van der Waals surface area contributed by atoms with E-state index in [1.807, 2.05) is 36.4 Å². The minimum atomic E-state index is 0.644. The van der Waals surface area contributed by atoms with E-state index in [9.17, 15) is 0 Å². The SMILES string of the molecule is COc1cc2ncc(-c3cccc(Br)c3)nc2cc1OC. The highest BCUT2D eigenvalue weighted by molar-refractivity contribution is 9.10. The smallest absolute Gasteiger partial charge is 0.163 e. The van der Waals surface area contributed by atoms with Gasteiger partial charge in [0, 0.05) is 22.2 Å². The van der Waals surface area contributed by atoms with E-state index < -0.39 is 0 Å². The molecule has 0 spiro atoms. The van der Waals surface area contributed by atoms with Gasteiger partial charge in [0.2, 0.25) is 0 Å². The van der Waals surface area contributed by atoms with Gasteiger partial charge >= 0.3 is 0 Å². The molecule has 0 aliphatic rings. The van der Waals surface area contributed by atoms with Crippen molar-refractivity contribution >= 4 is 27.0 Å². The molecular formula is C16H13BrN2O2. The van der Waals surface area contributed by atoms with E-state index in [4.69, 9.17) is 9.47 Å². The van der Waals surface area contributed by atoms with Gasteiger partial charge in [-0.3, -0.25) is 4.98 Å². The minimum Gasteiger partial charge on any atom is -0.493 e. The molecule has 0 atom stereocenters. The number of ether oxygens (including phenoxy) is 2. The highest BCUT2D eigenvalue weighted by Crippen LogP contribution is 2.31. The quantitative estimate of drug-likeness (QED) is 0.718. The number of aromatic nitrogens is 2. The summed E-state index contributed by atoms with van der Waals surface area (Å²) in [5.74, 6) is 1.29. The normalized spacial score (nSPS) is 10.6. The van der Waals surface area contributed by atoms with Crippen molar-refractivity contribution in [3.05, 3.63) is 47.1 Å². The maximum Gasteiger partial charge on any atom is 0.163 e. The van der Waals surface area contributed by atoms with Crippen LogP contribution in [-0.2, 0) is 0 Å². The predicted octanol–water partition coefficient (Wildman–Crippen LogP) is 4.08. The number of rotatable bonds is 3. The van der Waals surface area contributed by atoms with Crippen molar-refractivity contribution < 1.29 is 9.47 Å². The zero-order valence-corrected chi connectivity index (χ0v) is 13.2. The average molecular weight is 345 g/mol. The Morgan fingerprint density at radius 2 is 1.67 bits per heavy atom. The number of fused-ring (bicyclic) bond motifs is 1. The lowest BCUT2D eigenvalue weighted by Crippen LogP contribution is -1.94. The van der Waals surface area contributed by atoms with E-state index in [1.54, 1.807) is 20.4 Å². The number of benzene rings is 2. The molecule has 0 radical (unpaired) electrons. The van der Waals surface area contributed by atoms with Gasteiger partial charge in [0.15, 0.2) is 11.5 Å². The van der Waals surface area contributed by atoms with Crippen LogP contribution in [0.3, 0.4) is 0 Å². The van der Waals surface area contributed by atoms with Crippen molar-refractivity contribution in [2.24, 2.45) is 0 Å². The minimum absolute atomic E-state index is 0.644. The zero-order valence-electron chi connectivity index (χ0n) is 11.6. The van der Waals surface area contributed by atoms with Crippen molar-refractivity contribution in [2.75, 3.05) is 14.2 Å². The van der Waals surface area contributed by atoms with Crippen molar-refractivity contribution in [1.82, 2.24) is 9.97 Å². The van der Waals surface area contributed by atoms with Gasteiger partial charge in [-0.05, 0) is 12.1 Å². The molecule has 0 fully saturated rings. The van der Waals surface area contributed by atoms with Gasteiger partial charge in [0.1, 0.15) is 0 Å². The molecule has 1 heterocycles. The molecule has 5 heteroatoms. The molecule has 0 aliphatic heterocycles. The fourth-order valence-electron chi connectivity index (χ4n) is 2.13.